The minimum absolute atomic E-state index is 0.0211. The van der Waals surface area contributed by atoms with Gasteiger partial charge in [-0.2, -0.15) is 0 Å². The molecule has 0 aliphatic heterocycles. The van der Waals surface area contributed by atoms with Crippen LogP contribution >= 0.6 is 0 Å². The highest BCUT2D eigenvalue weighted by Gasteiger charge is 2.24. The smallest absolute Gasteiger partial charge is 0.248 e. The third kappa shape index (κ3) is 3.93. The molecule has 0 radical (unpaired) electrons. The molecule has 0 aromatic carbocycles. The molecule has 92 valence electrons. The van der Waals surface area contributed by atoms with Crippen LogP contribution in [0.3, 0.4) is 0 Å². The van der Waals surface area contributed by atoms with Crippen molar-refractivity contribution in [3.63, 3.8) is 0 Å². The number of hydrogen-bond donors (Lipinski definition) is 0. The van der Waals surface area contributed by atoms with Crippen LogP contribution < -0.4 is 0 Å². The minimum Gasteiger partial charge on any atom is -0.372 e. The van der Waals surface area contributed by atoms with E-state index in [1.54, 1.807) is 11.9 Å². The monoisotopic (exact) mass is 227 g/mol. The van der Waals surface area contributed by atoms with E-state index in [-0.39, 0.29) is 18.6 Å². The number of rotatable bonds is 5. The van der Waals surface area contributed by atoms with Crippen molar-refractivity contribution in [2.75, 3.05) is 20.3 Å². The Morgan fingerprint density at radius 3 is 2.62 bits per heavy atom. The SMILES string of the molecule is CCCOCC(=O)N(C)C1CCC(=O)CC1. The molecule has 16 heavy (non-hydrogen) atoms. The maximum absolute atomic E-state index is 11.7. The van der Waals surface area contributed by atoms with E-state index in [2.05, 4.69) is 0 Å². The van der Waals surface area contributed by atoms with Gasteiger partial charge >= 0.3 is 0 Å². The number of Topliss-reactive ketones (excluding diaryl/α,β-unsaturated/α-hetero) is 1. The molecule has 4 heteroatoms. The van der Waals surface area contributed by atoms with Crippen molar-refractivity contribution in [2.45, 2.75) is 45.1 Å². The summed E-state index contributed by atoms with van der Waals surface area (Å²) in [6.07, 6.45) is 3.74. The highest BCUT2D eigenvalue weighted by Crippen LogP contribution is 2.19. The highest BCUT2D eigenvalue weighted by molar-refractivity contribution is 5.80. The summed E-state index contributed by atoms with van der Waals surface area (Å²) in [4.78, 5) is 24.5. The fraction of sp³-hybridized carbons (Fsp3) is 0.833. The fourth-order valence-electron chi connectivity index (χ4n) is 1.92. The predicted octanol–water partition coefficient (Wildman–Crippen LogP) is 1.38. The maximum Gasteiger partial charge on any atom is 0.248 e. The molecule has 4 nitrogen and oxygen atoms in total. The average molecular weight is 227 g/mol. The average Bonchev–Trinajstić information content (AvgIpc) is 2.29. The zero-order valence-corrected chi connectivity index (χ0v) is 10.2. The molecule has 0 N–H and O–H groups in total. The molecule has 0 spiro atoms. The van der Waals surface area contributed by atoms with Crippen molar-refractivity contribution in [3.05, 3.63) is 0 Å². The van der Waals surface area contributed by atoms with Crippen molar-refractivity contribution in [1.82, 2.24) is 4.90 Å². The number of likely N-dealkylation sites (N-methyl/N-ethyl adjacent to an activating group) is 1. The number of ether oxygens (including phenoxy) is 1. The molecule has 0 heterocycles. The van der Waals surface area contributed by atoms with Gasteiger partial charge < -0.3 is 9.64 Å². The van der Waals surface area contributed by atoms with Gasteiger partial charge in [0.25, 0.3) is 0 Å². The van der Waals surface area contributed by atoms with E-state index in [1.807, 2.05) is 6.92 Å². The first-order valence-electron chi connectivity index (χ1n) is 6.00. The summed E-state index contributed by atoms with van der Waals surface area (Å²) >= 11 is 0. The third-order valence-electron chi connectivity index (χ3n) is 3.03. The van der Waals surface area contributed by atoms with Crippen LogP contribution in [0.5, 0.6) is 0 Å². The van der Waals surface area contributed by atoms with E-state index in [0.29, 0.717) is 25.2 Å². The van der Waals surface area contributed by atoms with Crippen molar-refractivity contribution in [2.24, 2.45) is 0 Å². The lowest BCUT2D eigenvalue weighted by atomic mass is 9.93. The van der Waals surface area contributed by atoms with Crippen LogP contribution in [0.15, 0.2) is 0 Å². The molecular weight excluding hydrogens is 206 g/mol. The predicted molar refractivity (Wildman–Crippen MR) is 61.1 cm³/mol. The molecule has 0 aromatic rings. The van der Waals surface area contributed by atoms with Gasteiger partial charge in [-0.1, -0.05) is 6.92 Å². The van der Waals surface area contributed by atoms with Crippen LogP contribution in [0.25, 0.3) is 0 Å². The lowest BCUT2D eigenvalue weighted by Crippen LogP contribution is -2.41. The van der Waals surface area contributed by atoms with Crippen molar-refractivity contribution in [1.29, 1.82) is 0 Å². The van der Waals surface area contributed by atoms with Crippen molar-refractivity contribution in [3.8, 4) is 0 Å². The van der Waals surface area contributed by atoms with Gasteiger partial charge in [-0.05, 0) is 19.3 Å². The van der Waals surface area contributed by atoms with Crippen LogP contribution in [-0.4, -0.2) is 42.9 Å². The molecule has 1 aliphatic rings. The summed E-state index contributed by atoms with van der Waals surface area (Å²) in [6, 6.07) is 0.218. The van der Waals surface area contributed by atoms with E-state index >= 15 is 0 Å². The van der Waals surface area contributed by atoms with Gasteiger partial charge in [0.15, 0.2) is 0 Å². The highest BCUT2D eigenvalue weighted by atomic mass is 16.5. The van der Waals surface area contributed by atoms with E-state index in [1.165, 1.54) is 0 Å². The first-order valence-corrected chi connectivity index (χ1v) is 6.00. The van der Waals surface area contributed by atoms with Gasteiger partial charge in [-0.25, -0.2) is 0 Å². The summed E-state index contributed by atoms with van der Waals surface area (Å²) in [7, 11) is 1.80. The Labute approximate surface area is 96.9 Å². The maximum atomic E-state index is 11.7. The van der Waals surface area contributed by atoms with Crippen LogP contribution in [0, 0.1) is 0 Å². The van der Waals surface area contributed by atoms with Crippen molar-refractivity contribution >= 4 is 11.7 Å². The van der Waals surface area contributed by atoms with Crippen LogP contribution in [-0.2, 0) is 14.3 Å². The van der Waals surface area contributed by atoms with E-state index < -0.39 is 0 Å². The number of carbonyl (C=O) groups is 2. The molecule has 0 atom stereocenters. The molecule has 0 unspecified atom stereocenters. The summed E-state index contributed by atoms with van der Waals surface area (Å²) in [5.74, 6) is 0.340. The number of amides is 1. The molecular formula is C12H21NO3. The van der Waals surface area contributed by atoms with E-state index in [4.69, 9.17) is 4.74 Å². The molecule has 0 bridgehead atoms. The molecule has 1 saturated carbocycles. The number of nitrogens with zero attached hydrogens (tertiary/aromatic N) is 1. The van der Waals surface area contributed by atoms with Gasteiger partial charge in [0.1, 0.15) is 12.4 Å². The largest absolute Gasteiger partial charge is 0.372 e. The normalized spacial score (nSPS) is 17.5. The second-order valence-corrected chi connectivity index (χ2v) is 4.33. The summed E-state index contributed by atoms with van der Waals surface area (Å²) < 4.78 is 5.22. The Kier molecular flexibility index (Phi) is 5.46. The third-order valence-corrected chi connectivity index (χ3v) is 3.03. The summed E-state index contributed by atoms with van der Waals surface area (Å²) in [5, 5.41) is 0. The van der Waals surface area contributed by atoms with Gasteiger partial charge in [0.2, 0.25) is 5.91 Å². The Morgan fingerprint density at radius 2 is 2.06 bits per heavy atom. The Balaban J connectivity index is 2.29. The molecule has 1 aliphatic carbocycles. The van der Waals surface area contributed by atoms with E-state index in [0.717, 1.165) is 19.3 Å². The quantitative estimate of drug-likeness (QED) is 0.667. The molecule has 1 fully saturated rings. The summed E-state index contributed by atoms with van der Waals surface area (Å²) in [5.41, 5.74) is 0. The molecule has 0 saturated heterocycles. The van der Waals surface area contributed by atoms with Gasteiger partial charge in [-0.15, -0.1) is 0 Å². The van der Waals surface area contributed by atoms with Crippen LogP contribution in [0.1, 0.15) is 39.0 Å². The fourth-order valence-corrected chi connectivity index (χ4v) is 1.92. The number of hydrogen-bond acceptors (Lipinski definition) is 3. The summed E-state index contributed by atoms with van der Waals surface area (Å²) in [6.45, 7) is 2.80. The first-order chi connectivity index (χ1) is 7.65. The lowest BCUT2D eigenvalue weighted by Gasteiger charge is -2.30. The Morgan fingerprint density at radius 1 is 1.44 bits per heavy atom. The zero-order chi connectivity index (χ0) is 12.0. The number of ketones is 1. The van der Waals surface area contributed by atoms with Crippen LogP contribution in [0.2, 0.25) is 0 Å². The Hall–Kier alpha value is -0.900. The minimum atomic E-state index is 0.0211. The topological polar surface area (TPSA) is 46.6 Å². The zero-order valence-electron chi connectivity index (χ0n) is 10.2. The Bertz CT molecular complexity index is 243. The second kappa shape index (κ2) is 6.63. The van der Waals surface area contributed by atoms with Crippen molar-refractivity contribution < 1.29 is 14.3 Å². The van der Waals surface area contributed by atoms with Gasteiger partial charge in [-0.3, -0.25) is 9.59 Å². The second-order valence-electron chi connectivity index (χ2n) is 4.33. The lowest BCUT2D eigenvalue weighted by molar-refractivity contribution is -0.138. The van der Waals surface area contributed by atoms with Crippen LogP contribution in [0.4, 0.5) is 0 Å². The molecule has 1 rings (SSSR count). The molecule has 0 aromatic heterocycles. The van der Waals surface area contributed by atoms with Gasteiger partial charge in [0, 0.05) is 32.5 Å². The number of carbonyl (C=O) groups excluding carboxylic acids is 2. The first kappa shape index (κ1) is 13.2. The molecule has 1 amide bonds. The standard InChI is InChI=1S/C12H21NO3/c1-3-8-16-9-12(15)13(2)10-4-6-11(14)7-5-10/h10H,3-9H2,1-2H3. The van der Waals surface area contributed by atoms with E-state index in [9.17, 15) is 9.59 Å². The van der Waals surface area contributed by atoms with Gasteiger partial charge in [0.05, 0.1) is 0 Å².